The summed E-state index contributed by atoms with van der Waals surface area (Å²) in [7, 11) is 0. The number of nitrogens with zero attached hydrogens (tertiary/aromatic N) is 2. The average Bonchev–Trinajstić information content (AvgIpc) is 2.62. The normalized spacial score (nSPS) is 10.3. The molecule has 0 aromatic carbocycles. The van der Waals surface area contributed by atoms with Crippen molar-refractivity contribution in [2.75, 3.05) is 0 Å². The van der Waals surface area contributed by atoms with Gasteiger partial charge in [-0.15, -0.1) is 0 Å². The molecule has 5 heteroatoms. The zero-order chi connectivity index (χ0) is 10.1. The number of primary amides is 1. The van der Waals surface area contributed by atoms with E-state index in [9.17, 15) is 4.79 Å². The maximum atomic E-state index is 10.8. The average molecular weight is 188 g/mol. The molecule has 2 aliphatic rings. The van der Waals surface area contributed by atoms with Crippen LogP contribution >= 0.6 is 0 Å². The molecule has 0 fully saturated rings. The molecule has 0 saturated heterocycles. The van der Waals surface area contributed by atoms with Crippen molar-refractivity contribution in [2.45, 2.75) is 0 Å². The summed E-state index contributed by atoms with van der Waals surface area (Å²) >= 11 is 0. The van der Waals surface area contributed by atoms with Crippen LogP contribution in [0.5, 0.6) is 0 Å². The fourth-order valence-electron chi connectivity index (χ4n) is 1.12. The number of carbonyl (C=O) groups excluding carboxylic acids is 1. The highest BCUT2D eigenvalue weighted by atomic mass is 16.1. The Balaban J connectivity index is 2.50. The maximum absolute atomic E-state index is 10.8. The lowest BCUT2D eigenvalue weighted by Gasteiger charge is -2.03. The summed E-state index contributed by atoms with van der Waals surface area (Å²) in [6, 6.07) is 1.76. The van der Waals surface area contributed by atoms with Gasteiger partial charge in [0.2, 0.25) is 5.91 Å². The molecule has 0 bridgehead atoms. The van der Waals surface area contributed by atoms with E-state index in [1.165, 1.54) is 6.20 Å². The van der Waals surface area contributed by atoms with Crippen LogP contribution in [0, 0.1) is 0 Å². The van der Waals surface area contributed by atoms with Crippen molar-refractivity contribution in [1.29, 1.82) is 0 Å². The quantitative estimate of drug-likeness (QED) is 0.669. The lowest BCUT2D eigenvalue weighted by molar-refractivity contribution is -0.112. The molecule has 0 aliphatic carbocycles. The Bertz CT molecular complexity index is 474. The Labute approximate surface area is 80.0 Å². The first-order chi connectivity index (χ1) is 6.68. The van der Waals surface area contributed by atoms with Gasteiger partial charge in [0.25, 0.3) is 0 Å². The smallest absolute Gasteiger partial charge is 0.250 e. The highest BCUT2D eigenvalue weighted by molar-refractivity contribution is 6.17. The van der Waals surface area contributed by atoms with E-state index in [0.29, 0.717) is 11.5 Å². The van der Waals surface area contributed by atoms with Crippen LogP contribution in [-0.2, 0) is 4.79 Å². The molecule has 2 aliphatic heterocycles. The Morgan fingerprint density at radius 2 is 2.29 bits per heavy atom. The third-order valence-electron chi connectivity index (χ3n) is 1.89. The number of nitrogens with one attached hydrogen (secondary N) is 1. The van der Waals surface area contributed by atoms with E-state index in [0.717, 1.165) is 5.69 Å². The molecule has 14 heavy (non-hydrogen) atoms. The number of hydrogen-bond acceptors (Lipinski definition) is 3. The molecule has 0 aromatic rings. The predicted octanol–water partition coefficient (Wildman–Crippen LogP) is 0.408. The standard InChI is InChI=1S/C9H8N4O/c1-5(8(10)14)7-4-12-9-6(13-7)2-3-11-9/h2-4,13H,1H2,(H2,10,14). The van der Waals surface area contributed by atoms with Gasteiger partial charge < -0.3 is 10.7 Å². The minimum Gasteiger partial charge on any atom is -0.366 e. The minimum absolute atomic E-state index is 0.209. The second-order valence-electron chi connectivity index (χ2n) is 2.82. The summed E-state index contributed by atoms with van der Waals surface area (Å²) in [5.41, 5.74) is 6.56. The predicted molar refractivity (Wildman–Crippen MR) is 51.2 cm³/mol. The number of H-pyrrole nitrogens is 1. The minimum atomic E-state index is -0.568. The van der Waals surface area contributed by atoms with Crippen molar-refractivity contribution < 1.29 is 4.79 Å². The van der Waals surface area contributed by atoms with Crippen LogP contribution in [0.3, 0.4) is 0 Å². The van der Waals surface area contributed by atoms with Gasteiger partial charge in [0.15, 0.2) is 5.82 Å². The third kappa shape index (κ3) is 1.24. The van der Waals surface area contributed by atoms with E-state index < -0.39 is 5.91 Å². The van der Waals surface area contributed by atoms with Gasteiger partial charge in [0.05, 0.1) is 23.2 Å². The number of amides is 1. The van der Waals surface area contributed by atoms with Crippen molar-refractivity contribution in [3.63, 3.8) is 0 Å². The lowest BCUT2D eigenvalue weighted by atomic mass is 10.2. The van der Waals surface area contributed by atoms with E-state index in [-0.39, 0.29) is 5.57 Å². The fourth-order valence-corrected chi connectivity index (χ4v) is 1.12. The Morgan fingerprint density at radius 1 is 1.50 bits per heavy atom. The molecular formula is C9H8N4O. The second-order valence-corrected chi connectivity index (χ2v) is 2.82. The first kappa shape index (κ1) is 8.43. The summed E-state index contributed by atoms with van der Waals surface area (Å²) in [6.45, 7) is 3.55. The van der Waals surface area contributed by atoms with Crippen molar-refractivity contribution in [2.24, 2.45) is 5.73 Å². The van der Waals surface area contributed by atoms with Crippen molar-refractivity contribution in [3.8, 4) is 11.5 Å². The van der Waals surface area contributed by atoms with E-state index in [2.05, 4.69) is 21.5 Å². The van der Waals surface area contributed by atoms with Gasteiger partial charge in [0, 0.05) is 6.20 Å². The van der Waals surface area contributed by atoms with E-state index in [4.69, 9.17) is 5.73 Å². The molecule has 0 unspecified atom stereocenters. The lowest BCUT2D eigenvalue weighted by Crippen LogP contribution is -2.13. The molecule has 70 valence electrons. The van der Waals surface area contributed by atoms with Crippen LogP contribution in [-0.4, -0.2) is 20.9 Å². The maximum Gasteiger partial charge on any atom is 0.250 e. The highest BCUT2D eigenvalue weighted by Crippen LogP contribution is 2.17. The number of rotatable bonds is 2. The van der Waals surface area contributed by atoms with Gasteiger partial charge in [-0.25, -0.2) is 9.97 Å². The van der Waals surface area contributed by atoms with Crippen LogP contribution < -0.4 is 5.73 Å². The molecule has 2 heterocycles. The van der Waals surface area contributed by atoms with Crippen molar-refractivity contribution >= 4 is 11.5 Å². The Kier molecular flexibility index (Phi) is 1.78. The SMILES string of the molecule is C=C(C(N)=O)c1cnc2nccc-2[nH]1. The summed E-state index contributed by atoms with van der Waals surface area (Å²) in [6.07, 6.45) is 3.12. The van der Waals surface area contributed by atoms with Crippen molar-refractivity contribution in [1.82, 2.24) is 15.0 Å². The summed E-state index contributed by atoms with van der Waals surface area (Å²) in [5.74, 6) is 0.0351. The van der Waals surface area contributed by atoms with Crippen LogP contribution in [0.1, 0.15) is 5.69 Å². The van der Waals surface area contributed by atoms with E-state index in [1.807, 2.05) is 0 Å². The molecule has 2 rings (SSSR count). The number of carbonyl (C=O) groups is 1. The first-order valence-corrected chi connectivity index (χ1v) is 3.97. The second kappa shape index (κ2) is 2.95. The number of fused-ring (bicyclic) bond motifs is 1. The number of aromatic amines is 1. The fraction of sp³-hybridized carbons (Fsp3) is 0. The molecular weight excluding hydrogens is 180 g/mol. The van der Waals surface area contributed by atoms with Gasteiger partial charge in [-0.3, -0.25) is 4.79 Å². The number of aromatic nitrogens is 3. The monoisotopic (exact) mass is 188 g/mol. The van der Waals surface area contributed by atoms with Gasteiger partial charge in [-0.2, -0.15) is 0 Å². The molecule has 0 atom stereocenters. The van der Waals surface area contributed by atoms with Gasteiger partial charge >= 0.3 is 0 Å². The Hall–Kier alpha value is -2.17. The molecule has 0 aromatic heterocycles. The largest absolute Gasteiger partial charge is 0.366 e. The molecule has 3 N–H and O–H groups in total. The zero-order valence-corrected chi connectivity index (χ0v) is 7.32. The summed E-state index contributed by atoms with van der Waals surface area (Å²) in [5, 5.41) is 0. The van der Waals surface area contributed by atoms with E-state index >= 15 is 0 Å². The highest BCUT2D eigenvalue weighted by Gasteiger charge is 2.10. The molecule has 0 radical (unpaired) electrons. The van der Waals surface area contributed by atoms with Crippen molar-refractivity contribution in [3.05, 3.63) is 30.7 Å². The zero-order valence-electron chi connectivity index (χ0n) is 7.32. The number of nitrogens with two attached hydrogens (primary N) is 1. The Morgan fingerprint density at radius 3 is 3.00 bits per heavy atom. The summed E-state index contributed by atoms with van der Waals surface area (Å²) < 4.78 is 0. The van der Waals surface area contributed by atoms with Gasteiger partial charge in [0.1, 0.15) is 0 Å². The molecule has 1 amide bonds. The van der Waals surface area contributed by atoms with Crippen LogP contribution in [0.2, 0.25) is 0 Å². The summed E-state index contributed by atoms with van der Waals surface area (Å²) in [4.78, 5) is 21.8. The van der Waals surface area contributed by atoms with Crippen LogP contribution in [0.25, 0.3) is 17.1 Å². The topological polar surface area (TPSA) is 84.7 Å². The van der Waals surface area contributed by atoms with Gasteiger partial charge in [-0.05, 0) is 6.07 Å². The third-order valence-corrected chi connectivity index (χ3v) is 1.89. The molecule has 5 nitrogen and oxygen atoms in total. The van der Waals surface area contributed by atoms with E-state index in [1.54, 1.807) is 12.3 Å². The number of hydrogen-bond donors (Lipinski definition) is 2. The van der Waals surface area contributed by atoms with Crippen LogP contribution in [0.4, 0.5) is 0 Å². The first-order valence-electron chi connectivity index (χ1n) is 3.97. The van der Waals surface area contributed by atoms with Gasteiger partial charge in [-0.1, -0.05) is 6.58 Å². The molecule has 0 saturated carbocycles. The van der Waals surface area contributed by atoms with Crippen LogP contribution in [0.15, 0.2) is 25.0 Å². The molecule has 0 spiro atoms.